The Labute approximate surface area is 216 Å². The monoisotopic (exact) mass is 606 g/mol. The third kappa shape index (κ3) is 12.6. The molecule has 2 aliphatic carbocycles. The Morgan fingerprint density at radius 1 is 0.484 bits per heavy atom. The zero-order valence-electron chi connectivity index (χ0n) is 22.9. The molecule has 0 aliphatic heterocycles. The summed E-state index contributed by atoms with van der Waals surface area (Å²) in [5.41, 5.74) is 2.17. The summed E-state index contributed by atoms with van der Waals surface area (Å²) in [6.07, 6.45) is 12.0. The van der Waals surface area contributed by atoms with Crippen LogP contribution in [0.2, 0.25) is 0 Å². The summed E-state index contributed by atoms with van der Waals surface area (Å²) in [6.45, 7) is 29.6. The summed E-state index contributed by atoms with van der Waals surface area (Å²) >= 11 is -0.106. The Morgan fingerprint density at radius 2 is 0.645 bits per heavy atom. The standard InChI is InChI=1S/2C13H27P.2ClH.Pd/c2*1-12(2,3)14(13(4,5)6)11-9-7-8-10-11;;;/h2*11H,7-10H2,1-6H3;2*1H;/q;;;;+2. The summed E-state index contributed by atoms with van der Waals surface area (Å²) in [7, 11) is 9.12. The molecule has 0 aromatic heterocycles. The molecular weight excluding hydrogens is 552 g/mol. The molecule has 2 saturated carbocycles. The molecular formula is C26H56Cl2P2Pd+2. The Morgan fingerprint density at radius 3 is 0.774 bits per heavy atom. The second-order valence-corrected chi connectivity index (χ2v) is 25.5. The molecule has 0 N–H and O–H groups in total. The van der Waals surface area contributed by atoms with Gasteiger partial charge in [0.1, 0.15) is 0 Å². The normalized spacial score (nSPS) is 19.5. The topological polar surface area (TPSA) is 0 Å². The summed E-state index contributed by atoms with van der Waals surface area (Å²) in [6, 6.07) is 0. The second-order valence-electron chi connectivity index (χ2n) is 13.8. The first kappa shape index (κ1) is 33.1. The van der Waals surface area contributed by atoms with Crippen molar-refractivity contribution in [1.29, 1.82) is 0 Å². The van der Waals surface area contributed by atoms with E-state index in [1.807, 2.05) is 0 Å². The van der Waals surface area contributed by atoms with Crippen LogP contribution < -0.4 is 0 Å². The fourth-order valence-electron chi connectivity index (χ4n) is 7.13. The molecule has 0 aromatic rings. The minimum atomic E-state index is -0.253. The van der Waals surface area contributed by atoms with Gasteiger partial charge in [-0.05, 0) is 134 Å². The minimum absolute atomic E-state index is 0.106. The molecule has 0 bridgehead atoms. The number of hydrogen-bond acceptors (Lipinski definition) is 0. The Kier molecular flexibility index (Phi) is 14.9. The molecule has 192 valence electrons. The van der Waals surface area contributed by atoms with Crippen LogP contribution in [0.15, 0.2) is 0 Å². The van der Waals surface area contributed by atoms with Crippen LogP contribution in [0.4, 0.5) is 0 Å². The second kappa shape index (κ2) is 14.0. The summed E-state index contributed by atoms with van der Waals surface area (Å²) < 4.78 is 0. The van der Waals surface area contributed by atoms with E-state index in [4.69, 9.17) is 19.1 Å². The van der Waals surface area contributed by atoms with Crippen molar-refractivity contribution < 1.29 is 15.9 Å². The van der Waals surface area contributed by atoms with Crippen LogP contribution in [0, 0.1) is 0 Å². The SMILES string of the molecule is CC(C)(C)[PH+](C1CCCC1)C(C)(C)C.CC(C)(C)[PH+](C1CCCC1)C(C)(C)C.[Cl][Pd][Cl]. The van der Waals surface area contributed by atoms with E-state index < -0.39 is 0 Å². The van der Waals surface area contributed by atoms with Gasteiger partial charge in [0.05, 0.1) is 31.9 Å². The van der Waals surface area contributed by atoms with Gasteiger partial charge >= 0.3 is 35.0 Å². The fourth-order valence-corrected chi connectivity index (χ4v) is 18.5. The molecule has 0 unspecified atom stereocenters. The molecule has 0 atom stereocenters. The van der Waals surface area contributed by atoms with Crippen molar-refractivity contribution in [2.75, 3.05) is 0 Å². The molecule has 2 rings (SSSR count). The van der Waals surface area contributed by atoms with Crippen molar-refractivity contribution in [3.63, 3.8) is 0 Å². The van der Waals surface area contributed by atoms with Crippen molar-refractivity contribution in [3.05, 3.63) is 0 Å². The summed E-state index contributed by atoms with van der Waals surface area (Å²) in [4.78, 5) is 0. The van der Waals surface area contributed by atoms with Gasteiger partial charge in [-0.1, -0.05) is 0 Å². The van der Waals surface area contributed by atoms with Crippen molar-refractivity contribution in [1.82, 2.24) is 0 Å². The number of halogens is 2. The van der Waals surface area contributed by atoms with Gasteiger partial charge in [-0.2, -0.15) is 0 Å². The molecule has 0 saturated heterocycles. The van der Waals surface area contributed by atoms with Crippen LogP contribution in [-0.2, 0) is 15.9 Å². The molecule has 0 heterocycles. The van der Waals surface area contributed by atoms with Crippen molar-refractivity contribution >= 4 is 34.9 Å². The predicted molar refractivity (Wildman–Crippen MR) is 152 cm³/mol. The fraction of sp³-hybridized carbons (Fsp3) is 1.00. The van der Waals surface area contributed by atoms with E-state index >= 15 is 0 Å². The van der Waals surface area contributed by atoms with E-state index in [1.165, 1.54) is 51.4 Å². The van der Waals surface area contributed by atoms with Gasteiger partial charge in [0.15, 0.2) is 0 Å². The van der Waals surface area contributed by atoms with Gasteiger partial charge in [-0.15, -0.1) is 0 Å². The van der Waals surface area contributed by atoms with Crippen LogP contribution in [0.1, 0.15) is 134 Å². The molecule has 31 heavy (non-hydrogen) atoms. The van der Waals surface area contributed by atoms with Crippen LogP contribution in [0.5, 0.6) is 0 Å². The Balaban J connectivity index is 0.000000516. The molecule has 0 spiro atoms. The molecule has 2 fully saturated rings. The Hall–Kier alpha value is 2.10. The van der Waals surface area contributed by atoms with E-state index in [9.17, 15) is 0 Å². The van der Waals surface area contributed by atoms with E-state index in [0.717, 1.165) is 11.3 Å². The van der Waals surface area contributed by atoms with Crippen molar-refractivity contribution in [2.45, 2.75) is 166 Å². The van der Waals surface area contributed by atoms with Crippen LogP contribution >= 0.6 is 34.9 Å². The van der Waals surface area contributed by atoms with E-state index in [2.05, 4.69) is 83.1 Å². The molecule has 0 nitrogen and oxygen atoms in total. The first-order chi connectivity index (χ1) is 13.9. The van der Waals surface area contributed by atoms with Gasteiger partial charge in [0, 0.05) is 15.8 Å². The van der Waals surface area contributed by atoms with Crippen LogP contribution in [-0.4, -0.2) is 31.9 Å². The van der Waals surface area contributed by atoms with Gasteiger partial charge in [0.2, 0.25) is 0 Å². The summed E-state index contributed by atoms with van der Waals surface area (Å²) in [5, 5.41) is 2.27. The van der Waals surface area contributed by atoms with E-state index in [-0.39, 0.29) is 31.8 Å². The first-order valence-electron chi connectivity index (χ1n) is 12.4. The number of rotatable bonds is 2. The maximum absolute atomic E-state index is 4.81. The van der Waals surface area contributed by atoms with Crippen molar-refractivity contribution in [2.24, 2.45) is 0 Å². The third-order valence-electron chi connectivity index (χ3n) is 6.76. The molecule has 0 amide bonds. The van der Waals surface area contributed by atoms with Crippen LogP contribution in [0.25, 0.3) is 0 Å². The van der Waals surface area contributed by atoms with Crippen molar-refractivity contribution in [3.8, 4) is 0 Å². The first-order valence-corrected chi connectivity index (χ1v) is 19.6. The summed E-state index contributed by atoms with van der Waals surface area (Å²) in [5.74, 6) is 0. The van der Waals surface area contributed by atoms with E-state index in [1.54, 1.807) is 0 Å². The molecule has 0 aromatic carbocycles. The molecule has 2 aliphatic rings. The maximum atomic E-state index is 4.81. The Bertz CT molecular complexity index is 400. The average molecular weight is 608 g/mol. The third-order valence-corrected chi connectivity index (χ3v) is 16.0. The average Bonchev–Trinajstić information content (AvgIpc) is 3.16. The van der Waals surface area contributed by atoms with Gasteiger partial charge < -0.3 is 0 Å². The quantitative estimate of drug-likeness (QED) is 0.216. The number of hydrogen-bond donors (Lipinski definition) is 0. The van der Waals surface area contributed by atoms with Gasteiger partial charge in [-0.3, -0.25) is 0 Å². The van der Waals surface area contributed by atoms with Gasteiger partial charge in [-0.25, -0.2) is 0 Å². The zero-order chi connectivity index (χ0) is 24.7. The molecule has 5 heteroatoms. The predicted octanol–water partition coefficient (Wildman–Crippen LogP) is 10.9. The zero-order valence-corrected chi connectivity index (χ0v) is 28.0. The molecule has 0 radical (unpaired) electrons. The van der Waals surface area contributed by atoms with Crippen LogP contribution in [0.3, 0.4) is 0 Å². The van der Waals surface area contributed by atoms with Gasteiger partial charge in [0.25, 0.3) is 0 Å². The van der Waals surface area contributed by atoms with E-state index in [0.29, 0.717) is 20.6 Å².